The van der Waals surface area contributed by atoms with Crippen LogP contribution in [0.4, 0.5) is 10.5 Å². The molecule has 1 heterocycles. The van der Waals surface area contributed by atoms with E-state index in [1.807, 2.05) is 31.2 Å². The van der Waals surface area contributed by atoms with Gasteiger partial charge in [-0.1, -0.05) is 36.4 Å². The van der Waals surface area contributed by atoms with Crippen LogP contribution < -0.4 is 14.2 Å². The molecule has 0 atom stereocenters. The number of benzene rings is 3. The summed E-state index contributed by atoms with van der Waals surface area (Å²) in [5.41, 5.74) is 2.46. The van der Waals surface area contributed by atoms with Crippen molar-refractivity contribution in [3.8, 4) is 11.5 Å². The molecule has 3 amide bonds. The lowest BCUT2D eigenvalue weighted by Gasteiger charge is -2.15. The molecule has 0 aliphatic carbocycles. The molecule has 4 rings (SSSR count). The van der Waals surface area contributed by atoms with Crippen molar-refractivity contribution >= 4 is 50.7 Å². The van der Waals surface area contributed by atoms with Gasteiger partial charge in [-0.2, -0.15) is 8.42 Å². The smallest absolute Gasteiger partial charge is 0.339 e. The zero-order valence-corrected chi connectivity index (χ0v) is 22.4. The van der Waals surface area contributed by atoms with Crippen LogP contribution in [0.3, 0.4) is 0 Å². The van der Waals surface area contributed by atoms with Gasteiger partial charge in [-0.15, -0.1) is 0 Å². The maximum absolute atomic E-state index is 13.1. The summed E-state index contributed by atoms with van der Waals surface area (Å²) in [7, 11) is -2.96. The van der Waals surface area contributed by atoms with Gasteiger partial charge in [-0.3, -0.25) is 19.3 Å². The van der Waals surface area contributed by atoms with Crippen LogP contribution in [-0.4, -0.2) is 37.5 Å². The molecule has 0 aromatic heterocycles. The Hall–Kier alpha value is -4.09. The average Bonchev–Trinajstić information content (AvgIpc) is 3.13. The van der Waals surface area contributed by atoms with Gasteiger partial charge >= 0.3 is 10.1 Å². The molecule has 1 N–H and O–H groups in total. The van der Waals surface area contributed by atoms with Gasteiger partial charge in [0.2, 0.25) is 5.91 Å². The summed E-state index contributed by atoms with van der Waals surface area (Å²) < 4.78 is 36.9. The summed E-state index contributed by atoms with van der Waals surface area (Å²) in [5.74, 6) is -0.796. The molecule has 0 unspecified atom stereocenters. The molecule has 1 aliphatic rings. The summed E-state index contributed by atoms with van der Waals surface area (Å²) in [6.45, 7) is 3.37. The van der Waals surface area contributed by atoms with Gasteiger partial charge in [0.25, 0.3) is 11.1 Å². The third-order valence-electron chi connectivity index (χ3n) is 5.64. The molecule has 1 fully saturated rings. The molecule has 196 valence electrons. The molecule has 3 aromatic carbocycles. The number of anilines is 1. The Bertz CT molecular complexity index is 1550. The first-order valence-electron chi connectivity index (χ1n) is 11.4. The highest BCUT2D eigenvalue weighted by Crippen LogP contribution is 2.39. The third-order valence-corrected chi connectivity index (χ3v) is 7.78. The highest BCUT2D eigenvalue weighted by Gasteiger charge is 2.35. The first kappa shape index (κ1) is 27.0. The van der Waals surface area contributed by atoms with Gasteiger partial charge < -0.3 is 14.2 Å². The van der Waals surface area contributed by atoms with Crippen molar-refractivity contribution < 1.29 is 31.7 Å². The quantitative estimate of drug-likeness (QED) is 0.307. The lowest BCUT2D eigenvalue weighted by Crippen LogP contribution is -2.27. The zero-order valence-electron chi connectivity index (χ0n) is 20.8. The van der Waals surface area contributed by atoms with E-state index in [1.165, 1.54) is 50.4 Å². The van der Waals surface area contributed by atoms with Crippen LogP contribution in [0.1, 0.15) is 23.6 Å². The van der Waals surface area contributed by atoms with Crippen molar-refractivity contribution in [2.75, 3.05) is 12.4 Å². The van der Waals surface area contributed by atoms with E-state index in [1.54, 1.807) is 12.1 Å². The van der Waals surface area contributed by atoms with Crippen LogP contribution in [-0.2, 0) is 26.3 Å². The molecule has 1 saturated heterocycles. The topological polar surface area (TPSA) is 119 Å². The van der Waals surface area contributed by atoms with Crippen molar-refractivity contribution in [2.24, 2.45) is 0 Å². The van der Waals surface area contributed by atoms with Gasteiger partial charge in [-0.05, 0) is 66.2 Å². The van der Waals surface area contributed by atoms with Crippen molar-refractivity contribution in [2.45, 2.75) is 25.3 Å². The van der Waals surface area contributed by atoms with Gasteiger partial charge in [0.05, 0.1) is 18.6 Å². The molecule has 1 aliphatic heterocycles. The minimum atomic E-state index is -4.32. The van der Waals surface area contributed by atoms with Crippen LogP contribution in [0.25, 0.3) is 6.08 Å². The van der Waals surface area contributed by atoms with E-state index < -0.39 is 21.3 Å². The summed E-state index contributed by atoms with van der Waals surface area (Å²) in [6.07, 6.45) is 1.41. The van der Waals surface area contributed by atoms with Crippen LogP contribution >= 0.6 is 11.8 Å². The summed E-state index contributed by atoms with van der Waals surface area (Å²) in [6, 6.07) is 17.6. The number of nitrogens with one attached hydrogen (secondary N) is 1. The van der Waals surface area contributed by atoms with Crippen molar-refractivity contribution in [1.82, 2.24) is 4.90 Å². The fraction of sp³-hybridized carbons (Fsp3) is 0.148. The van der Waals surface area contributed by atoms with Gasteiger partial charge in [0.1, 0.15) is 4.90 Å². The number of ether oxygens (including phenoxy) is 1. The molecule has 0 bridgehead atoms. The Labute approximate surface area is 224 Å². The van der Waals surface area contributed by atoms with Crippen LogP contribution in [0.2, 0.25) is 0 Å². The summed E-state index contributed by atoms with van der Waals surface area (Å²) >= 11 is 0.763. The number of carbonyl (C=O) groups excluding carboxylic acids is 3. The second-order valence-corrected chi connectivity index (χ2v) is 10.9. The number of imide groups is 1. The molecule has 38 heavy (non-hydrogen) atoms. The SMILES string of the molecule is COc1cccc(/C=C2\SC(=O)N(Cc3ccccc3C)C2=O)c1OS(=O)(=O)c1ccc(NC(C)=O)cc1. The van der Waals surface area contributed by atoms with Gasteiger partial charge in [0.15, 0.2) is 11.5 Å². The van der Waals surface area contributed by atoms with Crippen molar-refractivity contribution in [1.29, 1.82) is 0 Å². The van der Waals surface area contributed by atoms with Crippen molar-refractivity contribution in [3.63, 3.8) is 0 Å². The number of carbonyl (C=O) groups is 3. The Balaban J connectivity index is 1.64. The zero-order chi connectivity index (χ0) is 27.4. The van der Waals surface area contributed by atoms with Crippen molar-refractivity contribution in [3.05, 3.63) is 88.3 Å². The fourth-order valence-corrected chi connectivity index (χ4v) is 5.49. The van der Waals surface area contributed by atoms with E-state index in [0.29, 0.717) is 5.69 Å². The van der Waals surface area contributed by atoms with E-state index in [9.17, 15) is 22.8 Å². The molecule has 11 heteroatoms. The molecular weight excluding hydrogens is 528 g/mol. The number of nitrogens with zero attached hydrogens (tertiary/aromatic N) is 1. The van der Waals surface area contributed by atoms with Crippen LogP contribution in [0.5, 0.6) is 11.5 Å². The largest absolute Gasteiger partial charge is 0.493 e. The van der Waals surface area contributed by atoms with E-state index in [2.05, 4.69) is 5.32 Å². The Morgan fingerprint density at radius 3 is 2.39 bits per heavy atom. The van der Waals surface area contributed by atoms with Crippen LogP contribution in [0.15, 0.2) is 76.5 Å². The molecule has 0 saturated carbocycles. The second-order valence-electron chi connectivity index (χ2n) is 8.32. The Kier molecular flexibility index (Phi) is 7.88. The number of hydrogen-bond donors (Lipinski definition) is 1. The Morgan fingerprint density at radius 2 is 1.74 bits per heavy atom. The van der Waals surface area contributed by atoms with E-state index >= 15 is 0 Å². The predicted octanol–water partition coefficient (Wildman–Crippen LogP) is 4.97. The first-order valence-corrected chi connectivity index (χ1v) is 13.6. The number of hydrogen-bond acceptors (Lipinski definition) is 8. The monoisotopic (exact) mass is 552 g/mol. The number of amides is 3. The van der Waals surface area contributed by atoms with E-state index in [0.717, 1.165) is 27.8 Å². The lowest BCUT2D eigenvalue weighted by atomic mass is 10.1. The Morgan fingerprint density at radius 1 is 1.03 bits per heavy atom. The maximum atomic E-state index is 13.1. The minimum absolute atomic E-state index is 0.122. The lowest BCUT2D eigenvalue weighted by molar-refractivity contribution is -0.123. The number of aryl methyl sites for hydroxylation is 1. The highest BCUT2D eigenvalue weighted by atomic mass is 32.2. The molecule has 9 nitrogen and oxygen atoms in total. The fourth-order valence-electron chi connectivity index (χ4n) is 3.70. The number of methoxy groups -OCH3 is 1. The predicted molar refractivity (Wildman–Crippen MR) is 144 cm³/mol. The number of rotatable bonds is 8. The van der Waals surface area contributed by atoms with Gasteiger partial charge in [0, 0.05) is 18.2 Å². The van der Waals surface area contributed by atoms with Gasteiger partial charge in [-0.25, -0.2) is 0 Å². The average molecular weight is 553 g/mol. The normalized spacial score (nSPS) is 14.6. The summed E-state index contributed by atoms with van der Waals surface area (Å²) in [4.78, 5) is 38.1. The van der Waals surface area contributed by atoms with E-state index in [-0.39, 0.29) is 39.3 Å². The second kappa shape index (κ2) is 11.1. The van der Waals surface area contributed by atoms with E-state index in [4.69, 9.17) is 8.92 Å². The molecule has 0 spiro atoms. The molecular formula is C27H24N2O7S2. The summed E-state index contributed by atoms with van der Waals surface area (Å²) in [5, 5.41) is 2.13. The maximum Gasteiger partial charge on any atom is 0.339 e. The first-order chi connectivity index (χ1) is 18.1. The number of thioether (sulfide) groups is 1. The standard InChI is InChI=1S/C27H24N2O7S2/c1-17-7-4-5-8-20(17)16-29-26(31)24(37-27(29)32)15-19-9-6-10-23(35-3)25(19)36-38(33,34)22-13-11-21(12-14-22)28-18(2)30/h4-15H,16H2,1-3H3,(H,28,30)/b24-15-. The molecule has 3 aromatic rings. The third kappa shape index (κ3) is 5.90. The minimum Gasteiger partial charge on any atom is -0.493 e. The highest BCUT2D eigenvalue weighted by molar-refractivity contribution is 8.18. The van der Waals surface area contributed by atoms with Crippen LogP contribution in [0, 0.1) is 6.92 Å². The number of para-hydroxylation sites is 1. The molecule has 0 radical (unpaired) electrons.